The van der Waals surface area contributed by atoms with Crippen LogP contribution in [0, 0.1) is 31.1 Å². The second kappa shape index (κ2) is 10.7. The molecule has 1 aromatic carbocycles. The molecule has 3 aliphatic rings. The van der Waals surface area contributed by atoms with Crippen molar-refractivity contribution in [1.29, 1.82) is 0 Å². The van der Waals surface area contributed by atoms with Gasteiger partial charge in [0.05, 0.1) is 39.9 Å². The number of rotatable bonds is 7. The monoisotopic (exact) mass is 734 g/mol. The Morgan fingerprint density at radius 3 is 2.42 bits per heavy atom. The molecule has 2 atom stereocenters. The molecule has 0 N–H and O–H groups in total. The van der Waals surface area contributed by atoms with E-state index in [4.69, 9.17) is 9.72 Å². The number of likely N-dealkylation sites (tertiary alicyclic amines) is 2. The maximum atomic E-state index is 14.0. The Labute approximate surface area is 278 Å². The molecule has 9 nitrogen and oxygen atoms in total. The second-order valence-corrected chi connectivity index (χ2v) is 16.0. The first kappa shape index (κ1) is 30.0. The number of benzene rings is 1. The fourth-order valence-electron chi connectivity index (χ4n) is 6.71. The number of aromatic nitrogens is 2. The van der Waals surface area contributed by atoms with Gasteiger partial charge in [0.15, 0.2) is 3.42 Å². The molecule has 2 aliphatic heterocycles. The van der Waals surface area contributed by atoms with Gasteiger partial charge in [-0.05, 0) is 48.6 Å². The van der Waals surface area contributed by atoms with Gasteiger partial charge in [0.1, 0.15) is 6.61 Å². The molecule has 7 rings (SSSR count). The minimum absolute atomic E-state index is 0.102. The molecule has 1 saturated carbocycles. The minimum atomic E-state index is -0.818. The highest BCUT2D eigenvalue weighted by atomic mass is 127. The number of hydrogen-bond acceptors (Lipinski definition) is 8. The molecule has 3 aromatic heterocycles. The van der Waals surface area contributed by atoms with Gasteiger partial charge in [0, 0.05) is 35.4 Å². The third kappa shape index (κ3) is 4.95. The molecular formula is C34H31IN4O5S. The van der Waals surface area contributed by atoms with Crippen LogP contribution >= 0.6 is 33.9 Å². The lowest BCUT2D eigenvalue weighted by molar-refractivity contribution is -0.151. The molecule has 4 aromatic rings. The Morgan fingerprint density at radius 1 is 1.04 bits per heavy atom. The van der Waals surface area contributed by atoms with Crippen molar-refractivity contribution in [3.05, 3.63) is 82.0 Å². The maximum Gasteiger partial charge on any atom is 0.326 e. The van der Waals surface area contributed by atoms with Crippen molar-refractivity contribution >= 4 is 67.8 Å². The molecule has 0 radical (unpaired) electrons. The number of thiophene rings is 1. The number of piperidine rings is 1. The van der Waals surface area contributed by atoms with Gasteiger partial charge < -0.3 is 9.64 Å². The van der Waals surface area contributed by atoms with Crippen LogP contribution in [-0.2, 0) is 32.3 Å². The topological polar surface area (TPSA) is 110 Å². The van der Waals surface area contributed by atoms with Gasteiger partial charge in [-0.3, -0.25) is 34.0 Å². The van der Waals surface area contributed by atoms with Crippen molar-refractivity contribution in [3.63, 3.8) is 0 Å². The van der Waals surface area contributed by atoms with E-state index in [9.17, 15) is 19.2 Å². The molecule has 3 fully saturated rings. The summed E-state index contributed by atoms with van der Waals surface area (Å²) in [5.41, 5.74) is 4.71. The lowest BCUT2D eigenvalue weighted by atomic mass is 9.95. The SMILES string of the molecule is Cc1cc(C)c(C(=O)N2CC(I)(C(=O)OCc3ccccc3)C2)c(-c2ccnc3cc(CN4C(=O)C5C(C4=O)C5(C)C)sc23)n1. The van der Waals surface area contributed by atoms with Crippen molar-refractivity contribution in [3.8, 4) is 11.3 Å². The maximum absolute atomic E-state index is 14.0. The highest BCUT2D eigenvalue weighted by Crippen LogP contribution is 2.63. The number of imide groups is 1. The van der Waals surface area contributed by atoms with E-state index in [-0.39, 0.29) is 67.2 Å². The van der Waals surface area contributed by atoms with Crippen molar-refractivity contribution in [2.75, 3.05) is 13.1 Å². The summed E-state index contributed by atoms with van der Waals surface area (Å²) in [7, 11) is 0. The summed E-state index contributed by atoms with van der Waals surface area (Å²) in [5, 5.41) is 0. The first-order valence-electron chi connectivity index (χ1n) is 14.8. The Kier molecular flexibility index (Phi) is 7.12. The van der Waals surface area contributed by atoms with Crippen LogP contribution in [-0.4, -0.2) is 60.0 Å². The van der Waals surface area contributed by atoms with Crippen LogP contribution in [0.25, 0.3) is 21.5 Å². The van der Waals surface area contributed by atoms with Gasteiger partial charge in [-0.15, -0.1) is 11.3 Å². The number of hydrogen-bond donors (Lipinski definition) is 0. The Morgan fingerprint density at radius 2 is 1.73 bits per heavy atom. The largest absolute Gasteiger partial charge is 0.460 e. The Bertz CT molecular complexity index is 1890. The van der Waals surface area contributed by atoms with Crippen LogP contribution in [0.4, 0.5) is 0 Å². The van der Waals surface area contributed by atoms with Gasteiger partial charge in [0.2, 0.25) is 11.8 Å². The van der Waals surface area contributed by atoms with E-state index in [2.05, 4.69) is 27.6 Å². The fraction of sp³-hybridized carbons (Fsp3) is 0.353. The molecule has 0 spiro atoms. The number of carbonyl (C=O) groups is 4. The molecule has 230 valence electrons. The van der Waals surface area contributed by atoms with Crippen molar-refractivity contribution in [1.82, 2.24) is 19.8 Å². The number of nitrogens with zero attached hydrogens (tertiary/aromatic N) is 4. The molecule has 3 amide bonds. The summed E-state index contributed by atoms with van der Waals surface area (Å²) in [5.74, 6) is -1.20. The van der Waals surface area contributed by atoms with Crippen LogP contribution < -0.4 is 0 Å². The van der Waals surface area contributed by atoms with Crippen LogP contribution in [0.5, 0.6) is 0 Å². The molecule has 11 heteroatoms. The van der Waals surface area contributed by atoms with Crippen molar-refractivity contribution < 1.29 is 23.9 Å². The number of alkyl halides is 1. The van der Waals surface area contributed by atoms with Gasteiger partial charge in [-0.25, -0.2) is 0 Å². The zero-order valence-corrected chi connectivity index (χ0v) is 28.3. The number of fused-ring (bicyclic) bond motifs is 2. The van der Waals surface area contributed by atoms with Crippen LogP contribution in [0.2, 0.25) is 0 Å². The van der Waals surface area contributed by atoms with Crippen molar-refractivity contribution in [2.45, 2.75) is 44.3 Å². The number of aryl methyl sites for hydroxylation is 2. The molecule has 2 unspecified atom stereocenters. The standard InChI is InChI=1S/C34H31IN4O5S/c1-18-12-19(2)37-27(24(18)29(40)38-16-34(35,17-38)32(43)44-15-20-8-6-5-7-9-20)22-10-11-36-23-13-21(45-28(22)23)14-39-30(41)25-26(31(39)42)33(25,3)4/h5-13,25-26H,14-17H2,1-4H3. The first-order chi connectivity index (χ1) is 21.4. The predicted octanol–water partition coefficient (Wildman–Crippen LogP) is 5.49. The average Bonchev–Trinajstić information content (AvgIpc) is 3.22. The van der Waals surface area contributed by atoms with E-state index in [0.717, 1.165) is 32.0 Å². The van der Waals surface area contributed by atoms with Gasteiger partial charge >= 0.3 is 5.97 Å². The van der Waals surface area contributed by atoms with E-state index >= 15 is 0 Å². The molecule has 45 heavy (non-hydrogen) atoms. The molecule has 2 saturated heterocycles. The molecule has 5 heterocycles. The summed E-state index contributed by atoms with van der Waals surface area (Å²) >= 11 is 3.55. The van der Waals surface area contributed by atoms with E-state index < -0.39 is 3.42 Å². The smallest absolute Gasteiger partial charge is 0.326 e. The zero-order valence-electron chi connectivity index (χ0n) is 25.3. The summed E-state index contributed by atoms with van der Waals surface area (Å²) in [6.45, 7) is 8.59. The third-order valence-electron chi connectivity index (χ3n) is 9.23. The van der Waals surface area contributed by atoms with E-state index in [1.807, 2.05) is 76.2 Å². The number of pyridine rings is 2. The highest BCUT2D eigenvalue weighted by Gasteiger charge is 2.72. The average molecular weight is 735 g/mol. The van der Waals surface area contributed by atoms with E-state index in [1.54, 1.807) is 11.1 Å². The number of ether oxygens (including phenoxy) is 1. The number of carbonyl (C=O) groups excluding carboxylic acids is 4. The van der Waals surface area contributed by atoms with Crippen molar-refractivity contribution in [2.24, 2.45) is 17.3 Å². The van der Waals surface area contributed by atoms with Gasteiger partial charge in [-0.1, -0.05) is 66.8 Å². The molecule has 1 aliphatic carbocycles. The summed E-state index contributed by atoms with van der Waals surface area (Å²) in [6.07, 6.45) is 1.69. The normalized spacial score (nSPS) is 21.1. The number of amides is 3. The zero-order chi connectivity index (χ0) is 31.8. The van der Waals surface area contributed by atoms with Crippen LogP contribution in [0.1, 0.15) is 45.9 Å². The van der Waals surface area contributed by atoms with Crippen LogP contribution in [0.15, 0.2) is 54.7 Å². The summed E-state index contributed by atoms with van der Waals surface area (Å²) in [4.78, 5) is 66.2. The Balaban J connectivity index is 1.13. The second-order valence-electron chi connectivity index (χ2n) is 12.8. The first-order valence-corrected chi connectivity index (χ1v) is 16.7. The van der Waals surface area contributed by atoms with Gasteiger partial charge in [0.25, 0.3) is 5.91 Å². The molecular weight excluding hydrogens is 703 g/mol. The lowest BCUT2D eigenvalue weighted by Gasteiger charge is -2.44. The number of halogens is 1. The van der Waals surface area contributed by atoms with Crippen LogP contribution in [0.3, 0.4) is 0 Å². The minimum Gasteiger partial charge on any atom is -0.460 e. The predicted molar refractivity (Wildman–Crippen MR) is 178 cm³/mol. The van der Waals surface area contributed by atoms with E-state index in [1.165, 1.54) is 16.2 Å². The highest BCUT2D eigenvalue weighted by molar-refractivity contribution is 14.1. The Hall–Kier alpha value is -3.71. The number of esters is 1. The fourth-order valence-corrected chi connectivity index (χ4v) is 8.81. The van der Waals surface area contributed by atoms with Gasteiger partial charge in [-0.2, -0.15) is 0 Å². The third-order valence-corrected chi connectivity index (χ3v) is 11.5. The lowest BCUT2D eigenvalue weighted by Crippen LogP contribution is -2.64. The van der Waals surface area contributed by atoms with E-state index in [0.29, 0.717) is 16.8 Å². The molecule has 0 bridgehead atoms. The summed E-state index contributed by atoms with van der Waals surface area (Å²) < 4.78 is 5.60. The quantitative estimate of drug-likeness (QED) is 0.107. The summed E-state index contributed by atoms with van der Waals surface area (Å²) in [6, 6.07) is 15.2.